The minimum absolute atomic E-state index is 0.0280. The molecule has 4 rings (SSSR count). The highest BCUT2D eigenvalue weighted by Crippen LogP contribution is 2.29. The Kier molecular flexibility index (Phi) is 6.81. The highest BCUT2D eigenvalue weighted by molar-refractivity contribution is 6.34. The molecule has 34 heavy (non-hydrogen) atoms. The number of benzene rings is 2. The van der Waals surface area contributed by atoms with Crippen LogP contribution in [0.25, 0.3) is 10.9 Å². The second-order valence-electron chi connectivity index (χ2n) is 8.08. The Morgan fingerprint density at radius 3 is 2.74 bits per heavy atom. The quantitative estimate of drug-likeness (QED) is 0.509. The molecule has 1 aliphatic heterocycles. The number of para-hydroxylation sites is 1. The van der Waals surface area contributed by atoms with Crippen LogP contribution in [-0.4, -0.2) is 52.0 Å². The number of carboxylic acid groups (broad SMARTS) is 1. The van der Waals surface area contributed by atoms with Crippen molar-refractivity contribution in [3.05, 3.63) is 69.9 Å². The summed E-state index contributed by atoms with van der Waals surface area (Å²) < 4.78 is 5.57. The van der Waals surface area contributed by atoms with E-state index in [1.807, 2.05) is 24.3 Å². The van der Waals surface area contributed by atoms with Crippen molar-refractivity contribution in [2.45, 2.75) is 32.9 Å². The topological polar surface area (TPSA) is 109 Å². The third-order valence-corrected chi connectivity index (χ3v) is 6.23. The summed E-state index contributed by atoms with van der Waals surface area (Å²) in [7, 11) is 0. The van der Waals surface area contributed by atoms with Gasteiger partial charge in [-0.1, -0.05) is 36.7 Å². The third kappa shape index (κ3) is 4.73. The maximum Gasteiger partial charge on any atom is 0.339 e. The maximum absolute atomic E-state index is 13.4. The fourth-order valence-electron chi connectivity index (χ4n) is 4.01. The van der Waals surface area contributed by atoms with Crippen molar-refractivity contribution < 1.29 is 24.2 Å². The van der Waals surface area contributed by atoms with Gasteiger partial charge in [0.15, 0.2) is 6.10 Å². The Morgan fingerprint density at radius 2 is 2.00 bits per heavy atom. The van der Waals surface area contributed by atoms with Crippen molar-refractivity contribution in [3.8, 4) is 0 Å². The van der Waals surface area contributed by atoms with Gasteiger partial charge in [0.05, 0.1) is 27.4 Å². The number of nitrogens with zero attached hydrogens (tertiary/aromatic N) is 2. The fourth-order valence-corrected chi connectivity index (χ4v) is 4.18. The minimum Gasteiger partial charge on any atom is -0.478 e. The van der Waals surface area contributed by atoms with Gasteiger partial charge >= 0.3 is 11.9 Å². The van der Waals surface area contributed by atoms with Crippen molar-refractivity contribution in [2.24, 2.45) is 0 Å². The summed E-state index contributed by atoms with van der Waals surface area (Å²) in [6.07, 6.45) is -0.423. The molecule has 0 saturated carbocycles. The van der Waals surface area contributed by atoms with Crippen molar-refractivity contribution in [1.29, 1.82) is 0 Å². The zero-order valence-electron chi connectivity index (χ0n) is 18.8. The van der Waals surface area contributed by atoms with E-state index >= 15 is 0 Å². The standard InChI is InChI=1S/C25H24ClN3O5/c1-3-29-11-10-20-17(13-29)22(16-6-4-5-7-19(16)27-20)25(33)34-14(2)23(30)28-21-12-15(24(31)32)8-9-18(21)26/h4-9,12,14H,3,10-11,13H2,1-2H3,(H,28,30)(H,31,32). The van der Waals surface area contributed by atoms with Crippen molar-refractivity contribution in [3.63, 3.8) is 0 Å². The maximum atomic E-state index is 13.4. The summed E-state index contributed by atoms with van der Waals surface area (Å²) in [5.41, 5.74) is 2.91. The van der Waals surface area contributed by atoms with Gasteiger partial charge < -0.3 is 15.2 Å². The van der Waals surface area contributed by atoms with E-state index in [4.69, 9.17) is 21.3 Å². The lowest BCUT2D eigenvalue weighted by atomic mass is 9.95. The van der Waals surface area contributed by atoms with E-state index in [2.05, 4.69) is 17.1 Å². The number of hydrogen-bond donors (Lipinski definition) is 2. The molecular weight excluding hydrogens is 458 g/mol. The summed E-state index contributed by atoms with van der Waals surface area (Å²) in [6, 6.07) is 11.3. The Hall–Kier alpha value is -3.49. The number of halogens is 1. The van der Waals surface area contributed by atoms with Crippen molar-refractivity contribution >= 4 is 46.0 Å². The van der Waals surface area contributed by atoms with Crippen molar-refractivity contribution in [1.82, 2.24) is 9.88 Å². The molecule has 0 aliphatic carbocycles. The summed E-state index contributed by atoms with van der Waals surface area (Å²) in [5, 5.41) is 12.6. The number of nitrogens with one attached hydrogen (secondary N) is 1. The Bertz CT molecular complexity index is 1290. The first-order valence-corrected chi connectivity index (χ1v) is 11.3. The number of likely N-dealkylation sites (N-methyl/N-ethyl adjacent to an activating group) is 1. The van der Waals surface area contributed by atoms with Gasteiger partial charge in [0.25, 0.3) is 5.91 Å². The van der Waals surface area contributed by atoms with Gasteiger partial charge in [-0.15, -0.1) is 0 Å². The lowest BCUT2D eigenvalue weighted by Crippen LogP contribution is -2.34. The van der Waals surface area contributed by atoms with Gasteiger partial charge in [0.2, 0.25) is 0 Å². The monoisotopic (exact) mass is 481 g/mol. The van der Waals surface area contributed by atoms with Gasteiger partial charge in [0, 0.05) is 36.2 Å². The zero-order chi connectivity index (χ0) is 24.4. The van der Waals surface area contributed by atoms with Crippen LogP contribution < -0.4 is 5.32 Å². The van der Waals surface area contributed by atoms with Crippen LogP contribution in [0.15, 0.2) is 42.5 Å². The van der Waals surface area contributed by atoms with E-state index < -0.39 is 23.9 Å². The number of esters is 1. The first-order chi connectivity index (χ1) is 16.3. The normalized spacial score (nSPS) is 14.3. The molecule has 8 nitrogen and oxygen atoms in total. The largest absolute Gasteiger partial charge is 0.478 e. The summed E-state index contributed by atoms with van der Waals surface area (Å²) in [4.78, 5) is 44.3. The van der Waals surface area contributed by atoms with Gasteiger partial charge in [-0.3, -0.25) is 14.7 Å². The molecule has 1 aliphatic rings. The molecule has 2 heterocycles. The number of ether oxygens (including phenoxy) is 1. The number of fused-ring (bicyclic) bond motifs is 2. The van der Waals surface area contributed by atoms with Crippen LogP contribution in [0, 0.1) is 0 Å². The number of anilines is 1. The number of aromatic carboxylic acids is 1. The SMILES string of the molecule is CCN1CCc2nc3ccccc3c(C(=O)OC(C)C(=O)Nc3cc(C(=O)O)ccc3Cl)c2C1. The third-order valence-electron chi connectivity index (χ3n) is 5.90. The van der Waals surface area contributed by atoms with Gasteiger partial charge in [-0.2, -0.15) is 0 Å². The first-order valence-electron chi connectivity index (χ1n) is 11.0. The number of rotatable bonds is 6. The molecule has 2 N–H and O–H groups in total. The second-order valence-corrected chi connectivity index (χ2v) is 8.49. The second kappa shape index (κ2) is 9.79. The molecular formula is C25H24ClN3O5. The summed E-state index contributed by atoms with van der Waals surface area (Å²) in [5.74, 6) is -2.39. The van der Waals surface area contributed by atoms with Gasteiger partial charge in [0.1, 0.15) is 0 Å². The van der Waals surface area contributed by atoms with E-state index in [0.29, 0.717) is 23.0 Å². The number of hydrogen-bond acceptors (Lipinski definition) is 6. The van der Waals surface area contributed by atoms with Crippen LogP contribution >= 0.6 is 11.6 Å². The van der Waals surface area contributed by atoms with E-state index in [1.165, 1.54) is 25.1 Å². The molecule has 2 aromatic carbocycles. The molecule has 0 spiro atoms. The number of aromatic nitrogens is 1. The number of amides is 1. The fraction of sp³-hybridized carbons (Fsp3) is 0.280. The summed E-state index contributed by atoms with van der Waals surface area (Å²) in [6.45, 7) is 5.80. The Labute approximate surface area is 201 Å². The minimum atomic E-state index is -1.15. The molecule has 9 heteroatoms. The molecule has 1 amide bonds. The lowest BCUT2D eigenvalue weighted by Gasteiger charge is -2.29. The molecule has 0 radical (unpaired) electrons. The van der Waals surface area contributed by atoms with Crippen LogP contribution in [0.3, 0.4) is 0 Å². The zero-order valence-corrected chi connectivity index (χ0v) is 19.6. The van der Waals surface area contributed by atoms with Crippen LogP contribution in [0.5, 0.6) is 0 Å². The highest BCUT2D eigenvalue weighted by atomic mass is 35.5. The summed E-state index contributed by atoms with van der Waals surface area (Å²) >= 11 is 6.10. The molecule has 3 aromatic rings. The first kappa shape index (κ1) is 23.7. The van der Waals surface area contributed by atoms with E-state index in [0.717, 1.165) is 30.8 Å². The van der Waals surface area contributed by atoms with E-state index in [9.17, 15) is 19.5 Å². The predicted octanol–water partition coefficient (Wildman–Crippen LogP) is 4.15. The number of pyridine rings is 1. The molecule has 0 saturated heterocycles. The van der Waals surface area contributed by atoms with Gasteiger partial charge in [-0.25, -0.2) is 9.59 Å². The molecule has 176 valence electrons. The molecule has 0 fully saturated rings. The van der Waals surface area contributed by atoms with Gasteiger partial charge in [-0.05, 0) is 37.7 Å². The molecule has 1 aromatic heterocycles. The smallest absolute Gasteiger partial charge is 0.339 e. The highest BCUT2D eigenvalue weighted by Gasteiger charge is 2.28. The number of carbonyl (C=O) groups excluding carboxylic acids is 2. The average Bonchev–Trinajstić information content (AvgIpc) is 2.83. The van der Waals surface area contributed by atoms with Crippen LogP contribution in [0.1, 0.15) is 45.8 Å². The Balaban J connectivity index is 1.60. The van der Waals surface area contributed by atoms with E-state index in [-0.39, 0.29) is 16.3 Å². The number of carbonyl (C=O) groups is 3. The lowest BCUT2D eigenvalue weighted by molar-refractivity contribution is -0.123. The van der Waals surface area contributed by atoms with Crippen LogP contribution in [-0.2, 0) is 22.5 Å². The number of carboxylic acids is 1. The molecule has 0 bridgehead atoms. The van der Waals surface area contributed by atoms with Crippen molar-refractivity contribution in [2.75, 3.05) is 18.4 Å². The predicted molar refractivity (Wildman–Crippen MR) is 128 cm³/mol. The van der Waals surface area contributed by atoms with E-state index in [1.54, 1.807) is 0 Å². The average molecular weight is 482 g/mol. The molecule has 1 unspecified atom stereocenters. The van der Waals surface area contributed by atoms with Crippen LogP contribution in [0.4, 0.5) is 5.69 Å². The Morgan fingerprint density at radius 1 is 1.24 bits per heavy atom. The van der Waals surface area contributed by atoms with Crippen LogP contribution in [0.2, 0.25) is 5.02 Å². The molecule has 1 atom stereocenters.